The van der Waals surface area contributed by atoms with Crippen molar-refractivity contribution in [2.45, 2.75) is 25.9 Å². The number of benzene rings is 1. The standard InChI is InChI=1S/C24H25F3N4O2S/c1-14-6-9-34-21(14)23(33)31-12-18(19(13-31)22(29)32)15-4-7-30(8-5-15)17-3-2-16(11-28)20(10-17)24(25,26)27/h2-3,6,9-10,15,18-19H,4-5,7-8,12-13H2,1H3,(H2,29,32)/t18-,19+/m0/s1. The molecule has 0 bridgehead atoms. The molecule has 0 spiro atoms. The van der Waals surface area contributed by atoms with Gasteiger partial charge in [-0.25, -0.2) is 0 Å². The number of aryl methyl sites for hydroxylation is 1. The van der Waals surface area contributed by atoms with Crippen molar-refractivity contribution in [3.63, 3.8) is 0 Å². The number of nitrogens with zero attached hydrogens (tertiary/aromatic N) is 3. The highest BCUT2D eigenvalue weighted by Crippen LogP contribution is 2.39. The number of likely N-dealkylation sites (tertiary alicyclic amines) is 1. The van der Waals surface area contributed by atoms with Gasteiger partial charge >= 0.3 is 6.18 Å². The molecule has 2 aliphatic heterocycles. The molecule has 0 aliphatic carbocycles. The first-order chi connectivity index (χ1) is 16.1. The average molecular weight is 491 g/mol. The van der Waals surface area contributed by atoms with Gasteiger partial charge in [0.15, 0.2) is 0 Å². The molecule has 1 aromatic heterocycles. The number of hydrogen-bond acceptors (Lipinski definition) is 5. The molecule has 2 aromatic rings. The van der Waals surface area contributed by atoms with Gasteiger partial charge in [-0.2, -0.15) is 18.4 Å². The Balaban J connectivity index is 1.46. The predicted molar refractivity (Wildman–Crippen MR) is 122 cm³/mol. The highest BCUT2D eigenvalue weighted by Gasteiger charge is 2.44. The minimum atomic E-state index is -4.60. The van der Waals surface area contributed by atoms with Gasteiger partial charge in [-0.3, -0.25) is 9.59 Å². The molecule has 2 N–H and O–H groups in total. The zero-order valence-corrected chi connectivity index (χ0v) is 19.5. The third-order valence-electron chi connectivity index (χ3n) is 7.01. The number of carbonyl (C=O) groups excluding carboxylic acids is 2. The Morgan fingerprint density at radius 1 is 1.18 bits per heavy atom. The van der Waals surface area contributed by atoms with E-state index in [0.717, 1.165) is 11.6 Å². The van der Waals surface area contributed by atoms with Crippen LogP contribution in [0.15, 0.2) is 29.6 Å². The van der Waals surface area contributed by atoms with Gasteiger partial charge < -0.3 is 15.5 Å². The van der Waals surface area contributed by atoms with E-state index in [1.54, 1.807) is 17.0 Å². The van der Waals surface area contributed by atoms with E-state index < -0.39 is 29.1 Å². The first-order valence-corrected chi connectivity index (χ1v) is 12.0. The van der Waals surface area contributed by atoms with E-state index in [-0.39, 0.29) is 17.7 Å². The van der Waals surface area contributed by atoms with Crippen molar-refractivity contribution in [3.05, 3.63) is 51.2 Å². The second-order valence-corrected chi connectivity index (χ2v) is 9.90. The smallest absolute Gasteiger partial charge is 0.372 e. The molecule has 0 saturated carbocycles. The van der Waals surface area contributed by atoms with Crippen LogP contribution in [0.2, 0.25) is 0 Å². The summed E-state index contributed by atoms with van der Waals surface area (Å²) in [6, 6.07) is 7.28. The number of nitriles is 1. The number of amides is 2. The first kappa shape index (κ1) is 24.1. The van der Waals surface area contributed by atoms with Crippen LogP contribution in [0.4, 0.5) is 18.9 Å². The molecule has 2 atom stereocenters. The van der Waals surface area contributed by atoms with Gasteiger partial charge in [0.1, 0.15) is 0 Å². The largest absolute Gasteiger partial charge is 0.417 e. The van der Waals surface area contributed by atoms with Crippen LogP contribution in [0, 0.1) is 36.0 Å². The number of halogens is 3. The molecular weight excluding hydrogens is 465 g/mol. The fourth-order valence-corrected chi connectivity index (χ4v) is 6.05. The Labute approximate surface area is 199 Å². The third-order valence-corrected chi connectivity index (χ3v) is 8.02. The lowest BCUT2D eigenvalue weighted by atomic mass is 9.78. The van der Waals surface area contributed by atoms with Crippen LogP contribution in [0.3, 0.4) is 0 Å². The number of alkyl halides is 3. The van der Waals surface area contributed by atoms with E-state index in [0.29, 0.717) is 49.6 Å². The fraction of sp³-hybridized carbons (Fsp3) is 0.458. The zero-order valence-electron chi connectivity index (χ0n) is 18.6. The van der Waals surface area contributed by atoms with Gasteiger partial charge in [-0.15, -0.1) is 11.3 Å². The SMILES string of the molecule is Cc1ccsc1C(=O)N1C[C@@H](C(N)=O)[C@H](C2CCN(c3ccc(C#N)c(C(F)(F)F)c3)CC2)C1. The van der Waals surface area contributed by atoms with Crippen molar-refractivity contribution >= 4 is 28.8 Å². The molecular formula is C24H25F3N4O2S. The molecule has 1 aromatic carbocycles. The molecule has 6 nitrogen and oxygen atoms in total. The quantitative estimate of drug-likeness (QED) is 0.701. The summed E-state index contributed by atoms with van der Waals surface area (Å²) in [6.07, 6.45) is -3.25. The lowest BCUT2D eigenvalue weighted by Gasteiger charge is -2.37. The van der Waals surface area contributed by atoms with Gasteiger partial charge in [0, 0.05) is 31.9 Å². The molecule has 0 unspecified atom stereocenters. The molecule has 2 aliphatic rings. The van der Waals surface area contributed by atoms with E-state index >= 15 is 0 Å². The molecule has 34 heavy (non-hydrogen) atoms. The Morgan fingerprint density at radius 3 is 2.44 bits per heavy atom. The lowest BCUT2D eigenvalue weighted by molar-refractivity contribution is -0.137. The summed E-state index contributed by atoms with van der Waals surface area (Å²) in [6.45, 7) is 3.66. The van der Waals surface area contributed by atoms with Gasteiger partial charge in [0.25, 0.3) is 5.91 Å². The number of rotatable bonds is 4. The van der Waals surface area contributed by atoms with Crippen LogP contribution in [0.25, 0.3) is 0 Å². The summed E-state index contributed by atoms with van der Waals surface area (Å²) >= 11 is 1.38. The maximum atomic E-state index is 13.4. The van der Waals surface area contributed by atoms with E-state index in [1.165, 1.54) is 17.4 Å². The Kier molecular flexibility index (Phi) is 6.58. The summed E-state index contributed by atoms with van der Waals surface area (Å²) in [5.41, 5.74) is 5.69. The summed E-state index contributed by atoms with van der Waals surface area (Å²) in [7, 11) is 0. The van der Waals surface area contributed by atoms with Crippen LogP contribution in [-0.2, 0) is 11.0 Å². The molecule has 0 radical (unpaired) electrons. The second kappa shape index (κ2) is 9.29. The van der Waals surface area contributed by atoms with Crippen LogP contribution in [-0.4, -0.2) is 42.9 Å². The Morgan fingerprint density at radius 2 is 1.88 bits per heavy atom. The molecule has 180 valence electrons. The highest BCUT2D eigenvalue weighted by molar-refractivity contribution is 7.12. The van der Waals surface area contributed by atoms with Gasteiger partial charge in [-0.05, 0) is 66.8 Å². The summed E-state index contributed by atoms with van der Waals surface area (Å²) in [5, 5.41) is 10.9. The van der Waals surface area contributed by atoms with Crippen molar-refractivity contribution in [2.24, 2.45) is 23.5 Å². The third kappa shape index (κ3) is 4.62. The second-order valence-electron chi connectivity index (χ2n) is 8.98. The Hall–Kier alpha value is -3.06. The normalized spacial score (nSPS) is 21.5. The summed E-state index contributed by atoms with van der Waals surface area (Å²) < 4.78 is 40.1. The zero-order chi connectivity index (χ0) is 24.6. The van der Waals surface area contributed by atoms with Crippen molar-refractivity contribution in [1.29, 1.82) is 5.26 Å². The number of carbonyl (C=O) groups is 2. The molecule has 2 fully saturated rings. The molecule has 3 heterocycles. The molecule has 2 saturated heterocycles. The van der Waals surface area contributed by atoms with Crippen LogP contribution < -0.4 is 10.6 Å². The van der Waals surface area contributed by atoms with Crippen molar-refractivity contribution < 1.29 is 22.8 Å². The van der Waals surface area contributed by atoms with Gasteiger partial charge in [-0.1, -0.05) is 0 Å². The monoisotopic (exact) mass is 490 g/mol. The van der Waals surface area contributed by atoms with Crippen molar-refractivity contribution in [3.8, 4) is 6.07 Å². The van der Waals surface area contributed by atoms with E-state index in [2.05, 4.69) is 0 Å². The number of piperidine rings is 1. The van der Waals surface area contributed by atoms with E-state index in [1.807, 2.05) is 23.3 Å². The van der Waals surface area contributed by atoms with Gasteiger partial charge in [0.2, 0.25) is 5.91 Å². The number of nitrogens with two attached hydrogens (primary N) is 1. The van der Waals surface area contributed by atoms with E-state index in [9.17, 15) is 22.8 Å². The van der Waals surface area contributed by atoms with E-state index in [4.69, 9.17) is 11.0 Å². The van der Waals surface area contributed by atoms with Crippen LogP contribution >= 0.6 is 11.3 Å². The fourth-order valence-electron chi connectivity index (χ4n) is 5.16. The molecule has 2 amide bonds. The van der Waals surface area contributed by atoms with Crippen LogP contribution in [0.1, 0.15) is 39.2 Å². The average Bonchev–Trinajstić information content (AvgIpc) is 3.44. The molecule has 10 heteroatoms. The number of thiophene rings is 1. The number of primary amides is 1. The maximum Gasteiger partial charge on any atom is 0.417 e. The number of hydrogen-bond donors (Lipinski definition) is 1. The van der Waals surface area contributed by atoms with Gasteiger partial charge in [0.05, 0.1) is 28.0 Å². The summed E-state index contributed by atoms with van der Waals surface area (Å²) in [4.78, 5) is 29.4. The predicted octanol–water partition coefficient (Wildman–Crippen LogP) is 4.04. The minimum Gasteiger partial charge on any atom is -0.372 e. The highest BCUT2D eigenvalue weighted by atomic mass is 32.1. The summed E-state index contributed by atoms with van der Waals surface area (Å²) in [5.74, 6) is -0.886. The minimum absolute atomic E-state index is 0.0735. The van der Waals surface area contributed by atoms with Crippen molar-refractivity contribution in [1.82, 2.24) is 4.90 Å². The molecule has 4 rings (SSSR count). The Bertz CT molecular complexity index is 1130. The lowest BCUT2D eigenvalue weighted by Crippen LogP contribution is -2.40. The topological polar surface area (TPSA) is 90.4 Å². The van der Waals surface area contributed by atoms with Crippen molar-refractivity contribution in [2.75, 3.05) is 31.1 Å². The maximum absolute atomic E-state index is 13.4. The first-order valence-electron chi connectivity index (χ1n) is 11.1. The van der Waals surface area contributed by atoms with Crippen LogP contribution in [0.5, 0.6) is 0 Å². The number of anilines is 1.